The van der Waals surface area contributed by atoms with Gasteiger partial charge in [-0.15, -0.1) is 0 Å². The molecule has 5 nitrogen and oxygen atoms in total. The van der Waals surface area contributed by atoms with Crippen LogP contribution in [-0.4, -0.2) is 14.7 Å². The van der Waals surface area contributed by atoms with Crippen molar-refractivity contribution in [1.29, 1.82) is 0 Å². The monoisotopic (exact) mass is 329 g/mol. The number of ether oxygens (including phenoxy) is 1. The van der Waals surface area contributed by atoms with Crippen LogP contribution in [0.15, 0.2) is 54.7 Å². The maximum absolute atomic E-state index is 12.9. The van der Waals surface area contributed by atoms with Crippen LogP contribution in [0.3, 0.4) is 0 Å². The number of amides is 1. The van der Waals surface area contributed by atoms with E-state index in [9.17, 15) is 9.18 Å². The molecule has 0 atom stereocenters. The Morgan fingerprint density at radius 1 is 1.22 bits per heavy atom. The van der Waals surface area contributed by atoms with Gasteiger partial charge in [-0.2, -0.15) is 8.75 Å². The second-order valence-corrected chi connectivity index (χ2v) is 5.25. The fourth-order valence-electron chi connectivity index (χ4n) is 1.87. The Bertz CT molecular complexity index is 791. The summed E-state index contributed by atoms with van der Waals surface area (Å²) in [5.74, 6) is -0.00653. The molecule has 0 saturated carbocycles. The number of anilines is 1. The second-order valence-electron chi connectivity index (χ2n) is 4.69. The first-order valence-corrected chi connectivity index (χ1v) is 7.50. The number of hydrogen-bond donors (Lipinski definition) is 1. The van der Waals surface area contributed by atoms with Crippen molar-refractivity contribution in [1.82, 2.24) is 8.75 Å². The van der Waals surface area contributed by atoms with Crippen molar-refractivity contribution in [2.24, 2.45) is 0 Å². The predicted octanol–water partition coefficient (Wildman–Crippen LogP) is 3.51. The number of halogens is 1. The normalized spacial score (nSPS) is 10.3. The molecule has 7 heteroatoms. The third-order valence-electron chi connectivity index (χ3n) is 3.00. The van der Waals surface area contributed by atoms with Gasteiger partial charge in [0.05, 0.1) is 17.9 Å². The van der Waals surface area contributed by atoms with Gasteiger partial charge in [-0.1, -0.05) is 18.2 Å². The van der Waals surface area contributed by atoms with Crippen molar-refractivity contribution in [2.45, 2.75) is 6.61 Å². The van der Waals surface area contributed by atoms with Crippen molar-refractivity contribution in [3.63, 3.8) is 0 Å². The summed E-state index contributed by atoms with van der Waals surface area (Å²) in [4.78, 5) is 11.9. The number of benzene rings is 2. The zero-order chi connectivity index (χ0) is 16.1. The number of carbonyl (C=O) groups is 1. The molecule has 0 fully saturated rings. The van der Waals surface area contributed by atoms with Crippen LogP contribution in [0.5, 0.6) is 5.75 Å². The molecular formula is C16H12FN3O2S. The summed E-state index contributed by atoms with van der Waals surface area (Å²) in [6.45, 7) is 0.313. The Balaban J connectivity index is 1.63. The summed E-state index contributed by atoms with van der Waals surface area (Å²) in [5, 5.41) is 2.73. The molecule has 116 valence electrons. The van der Waals surface area contributed by atoms with Crippen LogP contribution in [0.4, 0.5) is 10.1 Å². The van der Waals surface area contributed by atoms with Crippen LogP contribution in [-0.2, 0) is 6.61 Å². The summed E-state index contributed by atoms with van der Waals surface area (Å²) in [7, 11) is 0. The van der Waals surface area contributed by atoms with Gasteiger partial charge in [0, 0.05) is 11.8 Å². The van der Waals surface area contributed by atoms with Crippen LogP contribution in [0.25, 0.3) is 0 Å². The quantitative estimate of drug-likeness (QED) is 0.778. The molecule has 0 bridgehead atoms. The van der Waals surface area contributed by atoms with Crippen LogP contribution < -0.4 is 10.1 Å². The molecule has 2 aromatic carbocycles. The van der Waals surface area contributed by atoms with E-state index in [1.807, 2.05) is 0 Å². The summed E-state index contributed by atoms with van der Waals surface area (Å²) >= 11 is 0.976. The topological polar surface area (TPSA) is 64.1 Å². The lowest BCUT2D eigenvalue weighted by Crippen LogP contribution is -2.12. The Hall–Kier alpha value is -2.80. The summed E-state index contributed by atoms with van der Waals surface area (Å²) in [6, 6.07) is 13.1. The first-order chi connectivity index (χ1) is 11.2. The summed E-state index contributed by atoms with van der Waals surface area (Å²) in [6.07, 6.45) is 1.41. The maximum Gasteiger partial charge on any atom is 0.277 e. The first-order valence-electron chi connectivity index (χ1n) is 6.77. The Morgan fingerprint density at radius 3 is 2.78 bits per heavy atom. The average Bonchev–Trinajstić information content (AvgIpc) is 3.09. The minimum absolute atomic E-state index is 0.271. The average molecular weight is 329 g/mol. The highest BCUT2D eigenvalue weighted by Crippen LogP contribution is 2.19. The van der Waals surface area contributed by atoms with Gasteiger partial charge in [-0.05, 0) is 29.8 Å². The number of rotatable bonds is 5. The molecule has 0 saturated heterocycles. The zero-order valence-corrected chi connectivity index (χ0v) is 12.7. The summed E-state index contributed by atoms with van der Waals surface area (Å²) in [5.41, 5.74) is 1.72. The van der Waals surface area contributed by atoms with Crippen molar-refractivity contribution >= 4 is 23.3 Å². The van der Waals surface area contributed by atoms with E-state index < -0.39 is 0 Å². The van der Waals surface area contributed by atoms with Crippen molar-refractivity contribution in [2.75, 3.05) is 5.32 Å². The van der Waals surface area contributed by atoms with Gasteiger partial charge in [0.25, 0.3) is 5.91 Å². The number of nitrogens with zero attached hydrogens (tertiary/aromatic N) is 2. The first kappa shape index (κ1) is 15.1. The minimum atomic E-state index is -0.325. The van der Waals surface area contributed by atoms with Gasteiger partial charge in [-0.25, -0.2) is 4.39 Å². The van der Waals surface area contributed by atoms with Crippen LogP contribution >= 0.6 is 11.7 Å². The van der Waals surface area contributed by atoms with Gasteiger partial charge < -0.3 is 10.1 Å². The Morgan fingerprint density at radius 2 is 2.04 bits per heavy atom. The second kappa shape index (κ2) is 6.97. The number of carbonyl (C=O) groups excluding carboxylic acids is 1. The molecule has 0 aliphatic rings. The molecule has 23 heavy (non-hydrogen) atoms. The molecule has 0 aliphatic heterocycles. The van der Waals surface area contributed by atoms with E-state index in [0.29, 0.717) is 18.0 Å². The van der Waals surface area contributed by atoms with E-state index in [1.165, 1.54) is 18.3 Å². The summed E-state index contributed by atoms with van der Waals surface area (Å²) < 4.78 is 26.2. The van der Waals surface area contributed by atoms with E-state index in [-0.39, 0.29) is 17.4 Å². The van der Waals surface area contributed by atoms with E-state index in [4.69, 9.17) is 4.74 Å². The lowest BCUT2D eigenvalue weighted by molar-refractivity contribution is 0.102. The Labute approximate surface area is 136 Å². The van der Waals surface area contributed by atoms with Gasteiger partial charge in [-0.3, -0.25) is 4.79 Å². The fraction of sp³-hybridized carbons (Fsp3) is 0.0625. The van der Waals surface area contributed by atoms with Gasteiger partial charge in [0.2, 0.25) is 0 Å². The SMILES string of the molecule is O=C(Nc1cccc(OCc2ccc(F)cc2)c1)c1cnsn1. The lowest BCUT2D eigenvalue weighted by Gasteiger charge is -2.09. The molecule has 1 aromatic heterocycles. The van der Waals surface area contributed by atoms with Gasteiger partial charge >= 0.3 is 0 Å². The van der Waals surface area contributed by atoms with Crippen molar-refractivity contribution in [3.8, 4) is 5.75 Å². The largest absolute Gasteiger partial charge is 0.489 e. The van der Waals surface area contributed by atoms with Gasteiger partial charge in [0.1, 0.15) is 18.2 Å². The van der Waals surface area contributed by atoms with Crippen molar-refractivity contribution < 1.29 is 13.9 Å². The third-order valence-corrected chi connectivity index (χ3v) is 3.48. The molecule has 0 radical (unpaired) electrons. The van der Waals surface area contributed by atoms with Crippen LogP contribution in [0.1, 0.15) is 16.1 Å². The van der Waals surface area contributed by atoms with Crippen LogP contribution in [0.2, 0.25) is 0 Å². The standard InChI is InChI=1S/C16H12FN3O2S/c17-12-6-4-11(5-7-12)10-22-14-3-1-2-13(8-14)19-16(21)15-9-18-23-20-15/h1-9H,10H2,(H,19,21). The van der Waals surface area contributed by atoms with E-state index >= 15 is 0 Å². The molecule has 0 aliphatic carbocycles. The third kappa shape index (κ3) is 4.10. The molecule has 0 spiro atoms. The maximum atomic E-state index is 12.9. The number of aromatic nitrogens is 2. The smallest absolute Gasteiger partial charge is 0.277 e. The van der Waals surface area contributed by atoms with E-state index in [1.54, 1.807) is 36.4 Å². The predicted molar refractivity (Wildman–Crippen MR) is 85.0 cm³/mol. The highest BCUT2D eigenvalue weighted by molar-refractivity contribution is 6.99. The molecule has 3 rings (SSSR count). The number of nitrogens with one attached hydrogen (secondary N) is 1. The highest BCUT2D eigenvalue weighted by Gasteiger charge is 2.09. The van der Waals surface area contributed by atoms with E-state index in [2.05, 4.69) is 14.1 Å². The fourth-order valence-corrected chi connectivity index (χ4v) is 2.28. The van der Waals surface area contributed by atoms with Crippen molar-refractivity contribution in [3.05, 3.63) is 71.8 Å². The van der Waals surface area contributed by atoms with Gasteiger partial charge in [0.15, 0.2) is 5.69 Å². The van der Waals surface area contributed by atoms with Crippen LogP contribution in [0, 0.1) is 5.82 Å². The number of hydrogen-bond acceptors (Lipinski definition) is 5. The Kier molecular flexibility index (Phi) is 4.58. The molecule has 3 aromatic rings. The molecule has 1 heterocycles. The molecule has 0 unspecified atom stereocenters. The highest BCUT2D eigenvalue weighted by atomic mass is 32.1. The minimum Gasteiger partial charge on any atom is -0.489 e. The molecule has 1 N–H and O–H groups in total. The molecule has 1 amide bonds. The zero-order valence-electron chi connectivity index (χ0n) is 11.9. The molecular weight excluding hydrogens is 317 g/mol. The van der Waals surface area contributed by atoms with E-state index in [0.717, 1.165) is 17.3 Å². The lowest BCUT2D eigenvalue weighted by atomic mass is 10.2.